The van der Waals surface area contributed by atoms with Crippen LogP contribution in [0.5, 0.6) is 0 Å². The van der Waals surface area contributed by atoms with Gasteiger partial charge >= 0.3 is 6.09 Å². The summed E-state index contributed by atoms with van der Waals surface area (Å²) in [6.45, 7) is 3.18. The van der Waals surface area contributed by atoms with Crippen LogP contribution in [0.15, 0.2) is 28.7 Å². The van der Waals surface area contributed by atoms with Crippen molar-refractivity contribution >= 4 is 27.7 Å². The maximum Gasteiger partial charge on any atom is 0.411 e. The van der Waals surface area contributed by atoms with E-state index < -0.39 is 0 Å². The first-order valence-corrected chi connectivity index (χ1v) is 7.46. The maximum atomic E-state index is 11.9. The molecular formula is C14H17BrN2O2. The molecule has 3 aliphatic heterocycles. The molecule has 1 unspecified atom stereocenters. The summed E-state index contributed by atoms with van der Waals surface area (Å²) in [5.74, 6) is 0.537. The molecule has 19 heavy (non-hydrogen) atoms. The molecule has 5 heteroatoms. The molecule has 3 aliphatic rings. The Morgan fingerprint density at radius 2 is 2.05 bits per heavy atom. The van der Waals surface area contributed by atoms with Crippen molar-refractivity contribution in [3.05, 3.63) is 28.7 Å². The Morgan fingerprint density at radius 3 is 2.68 bits per heavy atom. The maximum absolute atomic E-state index is 11.9. The number of piperidine rings is 3. The van der Waals surface area contributed by atoms with Crippen LogP contribution in [-0.2, 0) is 4.74 Å². The average Bonchev–Trinajstić information content (AvgIpc) is 2.43. The highest BCUT2D eigenvalue weighted by Gasteiger charge is 2.36. The predicted octanol–water partition coefficient (Wildman–Crippen LogP) is 3.09. The molecule has 0 radical (unpaired) electrons. The number of para-hydroxylation sites is 1. The highest BCUT2D eigenvalue weighted by molar-refractivity contribution is 9.10. The van der Waals surface area contributed by atoms with E-state index >= 15 is 0 Å². The van der Waals surface area contributed by atoms with Gasteiger partial charge in [-0.2, -0.15) is 0 Å². The lowest BCUT2D eigenvalue weighted by Crippen LogP contribution is -2.52. The number of hydrogen-bond acceptors (Lipinski definition) is 3. The van der Waals surface area contributed by atoms with Gasteiger partial charge in [0.05, 0.1) is 5.69 Å². The molecule has 1 aromatic rings. The second-order valence-electron chi connectivity index (χ2n) is 5.19. The number of rotatable bonds is 2. The lowest BCUT2D eigenvalue weighted by Gasteiger charge is -2.43. The number of benzene rings is 1. The van der Waals surface area contributed by atoms with Crippen LogP contribution in [0.25, 0.3) is 0 Å². The average molecular weight is 325 g/mol. The summed E-state index contributed by atoms with van der Waals surface area (Å²) in [5, 5.41) is 2.79. The predicted molar refractivity (Wildman–Crippen MR) is 77.2 cm³/mol. The highest BCUT2D eigenvalue weighted by Crippen LogP contribution is 2.30. The van der Waals surface area contributed by atoms with Crippen molar-refractivity contribution < 1.29 is 9.53 Å². The zero-order chi connectivity index (χ0) is 13.2. The zero-order valence-corrected chi connectivity index (χ0v) is 12.2. The van der Waals surface area contributed by atoms with Crippen LogP contribution in [0.3, 0.4) is 0 Å². The van der Waals surface area contributed by atoms with Crippen LogP contribution < -0.4 is 5.32 Å². The standard InChI is InChI=1S/C14H17BrN2O2/c15-11-3-1-2-4-12(11)16-14(18)19-13-9-17-7-5-10(13)6-8-17/h1-4,10,13H,5-9H2,(H,16,18). The van der Waals surface area contributed by atoms with E-state index in [1.54, 1.807) is 0 Å². The summed E-state index contributed by atoms with van der Waals surface area (Å²) in [6.07, 6.45) is 1.98. The van der Waals surface area contributed by atoms with Gasteiger partial charge in [0.2, 0.25) is 0 Å². The molecule has 102 valence electrons. The molecule has 1 N–H and O–H groups in total. The number of amides is 1. The summed E-state index contributed by atoms with van der Waals surface area (Å²) in [4.78, 5) is 14.3. The minimum Gasteiger partial charge on any atom is -0.444 e. The SMILES string of the molecule is O=C(Nc1ccccc1Br)OC1CN2CCC1CC2. The number of hydrogen-bond donors (Lipinski definition) is 1. The Balaban J connectivity index is 1.58. The first kappa shape index (κ1) is 12.9. The van der Waals surface area contributed by atoms with Gasteiger partial charge in [-0.15, -0.1) is 0 Å². The van der Waals surface area contributed by atoms with Gasteiger partial charge in [-0.05, 0) is 59.9 Å². The zero-order valence-electron chi connectivity index (χ0n) is 10.6. The minimum atomic E-state index is -0.356. The Bertz CT molecular complexity index is 472. The topological polar surface area (TPSA) is 41.6 Å². The molecule has 0 aliphatic carbocycles. The number of fused-ring (bicyclic) bond motifs is 3. The van der Waals surface area contributed by atoms with Gasteiger partial charge in [0.25, 0.3) is 0 Å². The summed E-state index contributed by atoms with van der Waals surface area (Å²) < 4.78 is 6.43. The number of carbonyl (C=O) groups is 1. The van der Waals surface area contributed by atoms with Gasteiger partial charge < -0.3 is 4.74 Å². The Hall–Kier alpha value is -1.07. The normalized spacial score (nSPS) is 29.0. The van der Waals surface area contributed by atoms with Gasteiger partial charge in [0.1, 0.15) is 6.10 Å². The van der Waals surface area contributed by atoms with Gasteiger partial charge in [-0.3, -0.25) is 10.2 Å². The highest BCUT2D eigenvalue weighted by atomic mass is 79.9. The molecule has 1 atom stereocenters. The fraction of sp³-hybridized carbons (Fsp3) is 0.500. The van der Waals surface area contributed by atoms with E-state index in [9.17, 15) is 4.79 Å². The molecule has 1 amide bonds. The molecule has 3 fully saturated rings. The molecule has 4 nitrogen and oxygen atoms in total. The van der Waals surface area contributed by atoms with Crippen LogP contribution >= 0.6 is 15.9 Å². The number of anilines is 1. The monoisotopic (exact) mass is 324 g/mol. The fourth-order valence-electron chi connectivity index (χ4n) is 2.88. The van der Waals surface area contributed by atoms with Gasteiger partial charge in [-0.1, -0.05) is 12.1 Å². The smallest absolute Gasteiger partial charge is 0.411 e. The molecule has 0 spiro atoms. The second-order valence-corrected chi connectivity index (χ2v) is 6.04. The van der Waals surface area contributed by atoms with Crippen LogP contribution in [0, 0.1) is 5.92 Å². The fourth-order valence-corrected chi connectivity index (χ4v) is 3.27. The number of ether oxygens (including phenoxy) is 1. The quantitative estimate of drug-likeness (QED) is 0.908. The Kier molecular flexibility index (Phi) is 3.75. The van der Waals surface area contributed by atoms with Crippen molar-refractivity contribution in [2.75, 3.05) is 25.0 Å². The lowest BCUT2D eigenvalue weighted by molar-refractivity contribution is -0.0289. The minimum absolute atomic E-state index is 0.0463. The second kappa shape index (κ2) is 5.51. The van der Waals surface area contributed by atoms with E-state index in [-0.39, 0.29) is 12.2 Å². The Labute approximate surface area is 121 Å². The molecule has 1 aromatic carbocycles. The first-order valence-electron chi connectivity index (χ1n) is 6.67. The van der Waals surface area contributed by atoms with Crippen LogP contribution in [-0.4, -0.2) is 36.7 Å². The van der Waals surface area contributed by atoms with Gasteiger partial charge in [-0.25, -0.2) is 4.79 Å². The molecule has 0 aromatic heterocycles. The number of carbonyl (C=O) groups excluding carboxylic acids is 1. The Morgan fingerprint density at radius 1 is 1.32 bits per heavy atom. The number of nitrogens with one attached hydrogen (secondary N) is 1. The third-order valence-electron chi connectivity index (χ3n) is 3.97. The van der Waals surface area contributed by atoms with Crippen molar-refractivity contribution in [1.29, 1.82) is 0 Å². The van der Waals surface area contributed by atoms with E-state index in [0.29, 0.717) is 5.92 Å². The lowest BCUT2D eigenvalue weighted by atomic mass is 9.86. The molecule has 2 bridgehead atoms. The van der Waals surface area contributed by atoms with E-state index in [1.807, 2.05) is 24.3 Å². The van der Waals surface area contributed by atoms with Gasteiger partial charge in [0.15, 0.2) is 0 Å². The first-order chi connectivity index (χ1) is 9.22. The van der Waals surface area contributed by atoms with Crippen molar-refractivity contribution in [3.63, 3.8) is 0 Å². The van der Waals surface area contributed by atoms with Crippen LogP contribution in [0.4, 0.5) is 10.5 Å². The largest absolute Gasteiger partial charge is 0.444 e. The third kappa shape index (κ3) is 2.92. The summed E-state index contributed by atoms with van der Waals surface area (Å²) >= 11 is 3.40. The molecule has 0 saturated carbocycles. The molecular weight excluding hydrogens is 308 g/mol. The van der Waals surface area contributed by atoms with Crippen molar-refractivity contribution in [3.8, 4) is 0 Å². The summed E-state index contributed by atoms with van der Waals surface area (Å²) in [6, 6.07) is 7.54. The van der Waals surface area contributed by atoms with Crippen molar-refractivity contribution in [1.82, 2.24) is 4.90 Å². The van der Waals surface area contributed by atoms with E-state index in [2.05, 4.69) is 26.1 Å². The van der Waals surface area contributed by atoms with Crippen molar-refractivity contribution in [2.24, 2.45) is 5.92 Å². The molecule has 3 saturated heterocycles. The number of halogens is 1. The van der Waals surface area contributed by atoms with Gasteiger partial charge in [0, 0.05) is 11.0 Å². The van der Waals surface area contributed by atoms with Crippen LogP contribution in [0.1, 0.15) is 12.8 Å². The van der Waals surface area contributed by atoms with E-state index in [1.165, 1.54) is 0 Å². The van der Waals surface area contributed by atoms with Crippen LogP contribution in [0.2, 0.25) is 0 Å². The number of nitrogens with zero attached hydrogens (tertiary/aromatic N) is 1. The molecule has 4 rings (SSSR count). The molecule has 3 heterocycles. The van der Waals surface area contributed by atoms with Crippen molar-refractivity contribution in [2.45, 2.75) is 18.9 Å². The summed E-state index contributed by atoms with van der Waals surface area (Å²) in [7, 11) is 0. The summed E-state index contributed by atoms with van der Waals surface area (Å²) in [5.41, 5.74) is 0.744. The van der Waals surface area contributed by atoms with E-state index in [4.69, 9.17) is 4.74 Å². The third-order valence-corrected chi connectivity index (χ3v) is 4.66. The van der Waals surface area contributed by atoms with E-state index in [0.717, 1.165) is 42.6 Å².